The molecule has 0 radical (unpaired) electrons. The zero-order chi connectivity index (χ0) is 32.8. The van der Waals surface area contributed by atoms with E-state index >= 15 is 0 Å². The Morgan fingerprint density at radius 3 is 1.91 bits per heavy atom. The molecule has 4 aromatic carbocycles. The number of sulfonamides is 2. The molecule has 1 heterocycles. The number of para-hydroxylation sites is 1. The van der Waals surface area contributed by atoms with E-state index in [9.17, 15) is 25.3 Å². The Bertz CT molecular complexity index is 2090. The molecule has 1 aromatic heterocycles. The Kier molecular flexibility index (Phi) is 9.94. The number of fused-ring (bicyclic) bond motifs is 1. The first-order valence-corrected chi connectivity index (χ1v) is 18.1. The second kappa shape index (κ2) is 13.9. The van der Waals surface area contributed by atoms with E-state index in [1.54, 1.807) is 55.6 Å². The van der Waals surface area contributed by atoms with Crippen molar-refractivity contribution in [3.8, 4) is 0 Å². The number of pyridine rings is 1. The average Bonchev–Trinajstić information content (AvgIpc) is 3.06. The van der Waals surface area contributed by atoms with Crippen LogP contribution in [0.1, 0.15) is 11.1 Å². The standard InChI is InChI=1S/C32H29N3O8S3/c1-25-17-19-31(20-18-25)46(40,41)42-24-28(43-34-22-27-11-8-10-26-12-9-21-33-32(26)27)23-35(44(36,37)29-13-4-2-5-14-29)45(38,39)30-15-6-3-7-16-30/h2-22,28H,23-24H2,1H3/b34-22+. The normalized spacial score (nSPS) is 13.3. The van der Waals surface area contributed by atoms with Crippen molar-refractivity contribution in [3.05, 3.63) is 133 Å². The molecule has 11 nitrogen and oxygen atoms in total. The molecule has 1 unspecified atom stereocenters. The quantitative estimate of drug-likeness (QED) is 0.0977. The molecule has 238 valence electrons. The first-order valence-electron chi connectivity index (χ1n) is 13.9. The molecule has 46 heavy (non-hydrogen) atoms. The lowest BCUT2D eigenvalue weighted by Gasteiger charge is -2.25. The summed E-state index contributed by atoms with van der Waals surface area (Å²) < 4.78 is 87.1. The zero-order valence-corrected chi connectivity index (χ0v) is 26.9. The fourth-order valence-electron chi connectivity index (χ4n) is 4.37. The van der Waals surface area contributed by atoms with Gasteiger partial charge in [0, 0.05) is 17.1 Å². The minimum atomic E-state index is -4.72. The third-order valence-electron chi connectivity index (χ3n) is 6.76. The molecule has 0 saturated heterocycles. The lowest BCUT2D eigenvalue weighted by molar-refractivity contribution is 0.0232. The van der Waals surface area contributed by atoms with Gasteiger partial charge >= 0.3 is 0 Å². The lowest BCUT2D eigenvalue weighted by Crippen LogP contribution is -2.43. The van der Waals surface area contributed by atoms with Crippen LogP contribution in [0.3, 0.4) is 0 Å². The Balaban J connectivity index is 1.52. The second-order valence-corrected chi connectivity index (χ2v) is 15.6. The number of aromatic nitrogens is 1. The predicted molar refractivity (Wildman–Crippen MR) is 172 cm³/mol. The Morgan fingerprint density at radius 2 is 1.30 bits per heavy atom. The van der Waals surface area contributed by atoms with Gasteiger partial charge in [-0.15, -0.1) is 0 Å². The van der Waals surface area contributed by atoms with Crippen molar-refractivity contribution in [2.45, 2.75) is 27.7 Å². The van der Waals surface area contributed by atoms with Crippen LogP contribution in [0.4, 0.5) is 0 Å². The minimum absolute atomic E-state index is 0.146. The van der Waals surface area contributed by atoms with E-state index in [2.05, 4.69) is 10.1 Å². The van der Waals surface area contributed by atoms with E-state index in [1.807, 2.05) is 12.1 Å². The largest absolute Gasteiger partial charge is 0.388 e. The van der Waals surface area contributed by atoms with Crippen LogP contribution in [0.25, 0.3) is 10.9 Å². The summed E-state index contributed by atoms with van der Waals surface area (Å²) in [6.45, 7) is 0.148. The summed E-state index contributed by atoms with van der Waals surface area (Å²) in [5.41, 5.74) is 1.98. The van der Waals surface area contributed by atoms with Crippen LogP contribution >= 0.6 is 0 Å². The van der Waals surface area contributed by atoms with Crippen LogP contribution in [0, 0.1) is 6.92 Å². The van der Waals surface area contributed by atoms with E-state index in [4.69, 9.17) is 9.02 Å². The Hall–Kier alpha value is -4.47. The van der Waals surface area contributed by atoms with Crippen molar-refractivity contribution in [1.29, 1.82) is 0 Å². The first kappa shape index (κ1) is 32.9. The molecule has 0 aliphatic carbocycles. The number of benzene rings is 4. The summed E-state index contributed by atoms with van der Waals surface area (Å²) in [7, 11) is -13.8. The highest BCUT2D eigenvalue weighted by Crippen LogP contribution is 2.26. The summed E-state index contributed by atoms with van der Waals surface area (Å²) in [5.74, 6) is 0. The van der Waals surface area contributed by atoms with Crippen molar-refractivity contribution < 1.29 is 34.3 Å². The van der Waals surface area contributed by atoms with Crippen molar-refractivity contribution in [2.75, 3.05) is 13.2 Å². The summed E-state index contributed by atoms with van der Waals surface area (Å²) in [6, 6.07) is 28.9. The van der Waals surface area contributed by atoms with Gasteiger partial charge in [-0.05, 0) is 49.4 Å². The molecule has 0 bridgehead atoms. The molecule has 0 amide bonds. The average molecular weight is 680 g/mol. The molecule has 0 saturated carbocycles. The molecule has 0 N–H and O–H groups in total. The van der Waals surface area contributed by atoms with Crippen LogP contribution < -0.4 is 0 Å². The Morgan fingerprint density at radius 1 is 0.717 bits per heavy atom. The van der Waals surface area contributed by atoms with Crippen molar-refractivity contribution in [2.24, 2.45) is 5.16 Å². The van der Waals surface area contributed by atoms with Gasteiger partial charge in [0.05, 0.1) is 33.0 Å². The molecule has 0 aliphatic heterocycles. The fourth-order valence-corrected chi connectivity index (χ4v) is 9.06. The lowest BCUT2D eigenvalue weighted by atomic mass is 10.1. The monoisotopic (exact) mass is 679 g/mol. The van der Waals surface area contributed by atoms with Gasteiger partial charge in [0.25, 0.3) is 30.2 Å². The molecule has 5 aromatic rings. The summed E-state index contributed by atoms with van der Waals surface area (Å²) in [6.07, 6.45) is 1.41. The molecule has 0 spiro atoms. The SMILES string of the molecule is Cc1ccc(S(=O)(=O)OCC(CN(S(=O)(=O)c2ccccc2)S(=O)(=O)c2ccccc2)O/N=C/c2cccc3cccnc23)cc1. The van der Waals surface area contributed by atoms with Gasteiger partial charge in [-0.25, -0.2) is 16.8 Å². The van der Waals surface area contributed by atoms with E-state index in [0.29, 0.717) is 11.1 Å². The maximum absolute atomic E-state index is 13.9. The van der Waals surface area contributed by atoms with Gasteiger partial charge in [0.15, 0.2) is 6.10 Å². The number of aryl methyl sites for hydroxylation is 1. The van der Waals surface area contributed by atoms with E-state index in [-0.39, 0.29) is 18.4 Å². The third-order valence-corrected chi connectivity index (χ3v) is 12.3. The van der Waals surface area contributed by atoms with Gasteiger partial charge < -0.3 is 4.84 Å². The topological polar surface area (TPSA) is 149 Å². The smallest absolute Gasteiger partial charge is 0.297 e. The fraction of sp³-hybridized carbons (Fsp3) is 0.125. The highest BCUT2D eigenvalue weighted by atomic mass is 32.3. The molecule has 0 fully saturated rings. The molecule has 14 heteroatoms. The van der Waals surface area contributed by atoms with Gasteiger partial charge in [-0.1, -0.05) is 87.2 Å². The van der Waals surface area contributed by atoms with E-state index in [1.165, 1.54) is 66.9 Å². The number of hydrogen-bond acceptors (Lipinski definition) is 10. The number of rotatable bonds is 13. The summed E-state index contributed by atoms with van der Waals surface area (Å²) >= 11 is 0. The number of hydrogen-bond donors (Lipinski definition) is 0. The van der Waals surface area contributed by atoms with Crippen molar-refractivity contribution in [1.82, 2.24) is 8.69 Å². The predicted octanol–water partition coefficient (Wildman–Crippen LogP) is 4.75. The van der Waals surface area contributed by atoms with Crippen LogP contribution in [-0.2, 0) is 39.2 Å². The van der Waals surface area contributed by atoms with Crippen molar-refractivity contribution >= 4 is 47.3 Å². The number of oxime groups is 1. The first-order chi connectivity index (χ1) is 22.0. The summed E-state index contributed by atoms with van der Waals surface area (Å²) in [4.78, 5) is 9.23. The van der Waals surface area contributed by atoms with Crippen LogP contribution in [0.2, 0.25) is 0 Å². The van der Waals surface area contributed by atoms with E-state index in [0.717, 1.165) is 10.9 Å². The van der Waals surface area contributed by atoms with Gasteiger partial charge in [0.1, 0.15) is 6.61 Å². The molecule has 1 atom stereocenters. The summed E-state index contributed by atoms with van der Waals surface area (Å²) in [5, 5.41) is 4.81. The molecule has 0 aliphatic rings. The van der Waals surface area contributed by atoms with Crippen LogP contribution in [-0.4, -0.2) is 59.4 Å². The Labute approximate surface area is 268 Å². The van der Waals surface area contributed by atoms with Gasteiger partial charge in [0.2, 0.25) is 0 Å². The van der Waals surface area contributed by atoms with Crippen LogP contribution in [0.15, 0.2) is 141 Å². The number of nitrogens with zero attached hydrogens (tertiary/aromatic N) is 3. The molecular formula is C32H29N3O8S3. The van der Waals surface area contributed by atoms with Gasteiger partial charge in [-0.2, -0.15) is 8.42 Å². The zero-order valence-electron chi connectivity index (χ0n) is 24.4. The minimum Gasteiger partial charge on any atom is -0.388 e. The maximum Gasteiger partial charge on any atom is 0.297 e. The van der Waals surface area contributed by atoms with E-state index < -0.39 is 49.4 Å². The highest BCUT2D eigenvalue weighted by Gasteiger charge is 2.39. The molecule has 5 rings (SSSR count). The van der Waals surface area contributed by atoms with Gasteiger partial charge in [-0.3, -0.25) is 9.17 Å². The second-order valence-electron chi connectivity index (χ2n) is 10.0. The van der Waals surface area contributed by atoms with Crippen molar-refractivity contribution in [3.63, 3.8) is 0 Å². The third kappa shape index (κ3) is 7.49. The molecular weight excluding hydrogens is 651 g/mol. The highest BCUT2D eigenvalue weighted by molar-refractivity contribution is 8.04. The van der Waals surface area contributed by atoms with Crippen LogP contribution in [0.5, 0.6) is 0 Å². The maximum atomic E-state index is 13.9.